The molecule has 3 rings (SSSR count). The molecule has 24 heavy (non-hydrogen) atoms. The lowest BCUT2D eigenvalue weighted by Crippen LogP contribution is -2.44. The van der Waals surface area contributed by atoms with E-state index in [-0.39, 0.29) is 12.0 Å². The van der Waals surface area contributed by atoms with Crippen molar-refractivity contribution >= 4 is 11.7 Å². The third kappa shape index (κ3) is 4.15. The van der Waals surface area contributed by atoms with Crippen LogP contribution in [0.4, 0.5) is 5.82 Å². The first-order chi connectivity index (χ1) is 11.6. The average Bonchev–Trinajstić information content (AvgIpc) is 3.05. The highest BCUT2D eigenvalue weighted by molar-refractivity contribution is 5.78. The lowest BCUT2D eigenvalue weighted by atomic mass is 10.3. The van der Waals surface area contributed by atoms with Crippen molar-refractivity contribution in [1.82, 2.24) is 14.8 Å². The first-order valence-corrected chi connectivity index (χ1v) is 8.50. The highest BCUT2D eigenvalue weighted by Crippen LogP contribution is 2.26. The van der Waals surface area contributed by atoms with Crippen LogP contribution >= 0.6 is 0 Å². The minimum Gasteiger partial charge on any atom is -0.485 e. The summed E-state index contributed by atoms with van der Waals surface area (Å²) in [5.41, 5.74) is 0. The van der Waals surface area contributed by atoms with E-state index in [1.54, 1.807) is 6.20 Å². The monoisotopic (exact) mass is 334 g/mol. The Kier molecular flexibility index (Phi) is 5.52. The van der Waals surface area contributed by atoms with E-state index >= 15 is 0 Å². The molecule has 7 heteroatoms. The summed E-state index contributed by atoms with van der Waals surface area (Å²) in [5, 5.41) is 0. The Labute approximate surface area is 143 Å². The molecule has 0 saturated carbocycles. The number of nitrogens with zero attached hydrogens (tertiary/aromatic N) is 4. The standard InChI is InChI=1S/C17H26N4O3/c1-19(2)17-15(4-3-6-18-17)24-14-5-7-21(12-14)16(22)13-20-8-10-23-11-9-20/h3-4,6,14H,5,7-13H2,1-2H3/t14-/m0/s1. The number of anilines is 1. The van der Waals surface area contributed by atoms with Crippen LogP contribution in [-0.2, 0) is 9.53 Å². The normalized spacial score (nSPS) is 21.8. The molecule has 2 aliphatic rings. The highest BCUT2D eigenvalue weighted by Gasteiger charge is 2.29. The quantitative estimate of drug-likeness (QED) is 0.780. The van der Waals surface area contributed by atoms with E-state index in [9.17, 15) is 4.79 Å². The van der Waals surface area contributed by atoms with Crippen LogP contribution in [0.1, 0.15) is 6.42 Å². The summed E-state index contributed by atoms with van der Waals surface area (Å²) in [5.74, 6) is 1.77. The fourth-order valence-corrected chi connectivity index (χ4v) is 3.09. The van der Waals surface area contributed by atoms with Crippen LogP contribution in [0.5, 0.6) is 5.75 Å². The van der Waals surface area contributed by atoms with Gasteiger partial charge in [-0.1, -0.05) is 0 Å². The van der Waals surface area contributed by atoms with Crippen LogP contribution in [0, 0.1) is 0 Å². The Balaban J connectivity index is 1.53. The Morgan fingerprint density at radius 1 is 1.38 bits per heavy atom. The molecule has 132 valence electrons. The lowest BCUT2D eigenvalue weighted by molar-refractivity contribution is -0.132. The molecule has 0 unspecified atom stereocenters. The maximum absolute atomic E-state index is 12.5. The van der Waals surface area contributed by atoms with Gasteiger partial charge >= 0.3 is 0 Å². The molecule has 0 bridgehead atoms. The van der Waals surface area contributed by atoms with Crippen molar-refractivity contribution in [2.75, 3.05) is 64.9 Å². The van der Waals surface area contributed by atoms with Crippen molar-refractivity contribution in [3.05, 3.63) is 18.3 Å². The molecular formula is C17H26N4O3. The van der Waals surface area contributed by atoms with Crippen molar-refractivity contribution in [1.29, 1.82) is 0 Å². The van der Waals surface area contributed by atoms with E-state index in [1.807, 2.05) is 36.0 Å². The Morgan fingerprint density at radius 2 is 2.17 bits per heavy atom. The number of likely N-dealkylation sites (tertiary alicyclic amines) is 1. The molecule has 0 spiro atoms. The van der Waals surface area contributed by atoms with Gasteiger partial charge in [0.15, 0.2) is 11.6 Å². The van der Waals surface area contributed by atoms with Crippen LogP contribution < -0.4 is 9.64 Å². The summed E-state index contributed by atoms with van der Waals surface area (Å²) in [6.45, 7) is 4.98. The summed E-state index contributed by atoms with van der Waals surface area (Å²) >= 11 is 0. The maximum Gasteiger partial charge on any atom is 0.236 e. The molecule has 1 atom stereocenters. The third-order valence-corrected chi connectivity index (χ3v) is 4.43. The molecule has 0 aromatic carbocycles. The van der Waals surface area contributed by atoms with Crippen LogP contribution in [0.25, 0.3) is 0 Å². The number of morpholine rings is 1. The zero-order chi connectivity index (χ0) is 16.9. The van der Waals surface area contributed by atoms with Crippen molar-refractivity contribution in [2.24, 2.45) is 0 Å². The molecule has 1 amide bonds. The number of carbonyl (C=O) groups excluding carboxylic acids is 1. The smallest absolute Gasteiger partial charge is 0.236 e. The molecule has 2 fully saturated rings. The molecular weight excluding hydrogens is 308 g/mol. The van der Waals surface area contributed by atoms with E-state index < -0.39 is 0 Å². The fourth-order valence-electron chi connectivity index (χ4n) is 3.09. The second kappa shape index (κ2) is 7.81. The molecule has 1 aromatic heterocycles. The predicted octanol–water partition coefficient (Wildman–Crippen LogP) is 0.460. The van der Waals surface area contributed by atoms with Crippen LogP contribution in [0.2, 0.25) is 0 Å². The molecule has 0 radical (unpaired) electrons. The van der Waals surface area contributed by atoms with E-state index in [4.69, 9.17) is 9.47 Å². The predicted molar refractivity (Wildman–Crippen MR) is 91.4 cm³/mol. The zero-order valence-corrected chi connectivity index (χ0v) is 14.5. The van der Waals surface area contributed by atoms with Crippen LogP contribution in [0.3, 0.4) is 0 Å². The molecule has 0 N–H and O–H groups in total. The molecule has 7 nitrogen and oxygen atoms in total. The van der Waals surface area contributed by atoms with Crippen LogP contribution in [-0.4, -0.2) is 86.8 Å². The minimum absolute atomic E-state index is 0.0292. The molecule has 3 heterocycles. The van der Waals surface area contributed by atoms with E-state index in [2.05, 4.69) is 9.88 Å². The van der Waals surface area contributed by atoms with Gasteiger partial charge < -0.3 is 19.3 Å². The third-order valence-electron chi connectivity index (χ3n) is 4.43. The summed E-state index contributed by atoms with van der Waals surface area (Å²) in [6.07, 6.45) is 2.65. The fraction of sp³-hybridized carbons (Fsp3) is 0.647. The summed E-state index contributed by atoms with van der Waals surface area (Å²) < 4.78 is 11.4. The summed E-state index contributed by atoms with van der Waals surface area (Å²) in [6, 6.07) is 3.80. The number of rotatable bonds is 5. The number of ether oxygens (including phenoxy) is 2. The van der Waals surface area contributed by atoms with Crippen molar-refractivity contribution in [3.63, 3.8) is 0 Å². The number of hydrogen-bond acceptors (Lipinski definition) is 6. The number of carbonyl (C=O) groups is 1. The SMILES string of the molecule is CN(C)c1ncccc1O[C@H]1CCN(C(=O)CN2CCOCC2)C1. The van der Waals surface area contributed by atoms with Gasteiger partial charge in [-0.15, -0.1) is 0 Å². The highest BCUT2D eigenvalue weighted by atomic mass is 16.5. The molecule has 2 saturated heterocycles. The van der Waals surface area contributed by atoms with Crippen molar-refractivity contribution in [2.45, 2.75) is 12.5 Å². The van der Waals surface area contributed by atoms with Crippen molar-refractivity contribution in [3.8, 4) is 5.75 Å². The number of amides is 1. The largest absolute Gasteiger partial charge is 0.485 e. The first kappa shape index (κ1) is 17.0. The van der Waals surface area contributed by atoms with Gasteiger partial charge in [0.1, 0.15) is 6.10 Å². The average molecular weight is 334 g/mol. The summed E-state index contributed by atoms with van der Waals surface area (Å²) in [4.78, 5) is 22.8. The Hall–Kier alpha value is -1.86. The van der Waals surface area contributed by atoms with Gasteiger partial charge in [0, 0.05) is 46.3 Å². The van der Waals surface area contributed by atoms with E-state index in [1.165, 1.54) is 0 Å². The Bertz CT molecular complexity index is 561. The number of hydrogen-bond donors (Lipinski definition) is 0. The molecule has 1 aromatic rings. The van der Waals surface area contributed by atoms with E-state index in [0.717, 1.165) is 37.6 Å². The van der Waals surface area contributed by atoms with Gasteiger partial charge in [0.2, 0.25) is 5.91 Å². The molecule has 0 aliphatic carbocycles. The first-order valence-electron chi connectivity index (χ1n) is 8.50. The van der Waals surface area contributed by atoms with Gasteiger partial charge in [0.05, 0.1) is 26.3 Å². The number of aromatic nitrogens is 1. The second-order valence-corrected chi connectivity index (χ2v) is 6.48. The van der Waals surface area contributed by atoms with Gasteiger partial charge in [-0.3, -0.25) is 9.69 Å². The Morgan fingerprint density at radius 3 is 2.92 bits per heavy atom. The molecule has 2 aliphatic heterocycles. The maximum atomic E-state index is 12.5. The van der Waals surface area contributed by atoms with Crippen LogP contribution in [0.15, 0.2) is 18.3 Å². The van der Waals surface area contributed by atoms with Crippen molar-refractivity contribution < 1.29 is 14.3 Å². The topological polar surface area (TPSA) is 58.1 Å². The second-order valence-electron chi connectivity index (χ2n) is 6.48. The minimum atomic E-state index is 0.0292. The van der Waals surface area contributed by atoms with Gasteiger partial charge in [-0.25, -0.2) is 4.98 Å². The zero-order valence-electron chi connectivity index (χ0n) is 14.5. The lowest BCUT2D eigenvalue weighted by Gasteiger charge is -2.28. The van der Waals surface area contributed by atoms with E-state index in [0.29, 0.717) is 26.3 Å². The van der Waals surface area contributed by atoms with Gasteiger partial charge in [-0.05, 0) is 12.1 Å². The van der Waals surface area contributed by atoms with Gasteiger partial charge in [0.25, 0.3) is 0 Å². The van der Waals surface area contributed by atoms with Gasteiger partial charge in [-0.2, -0.15) is 0 Å². The summed E-state index contributed by atoms with van der Waals surface area (Å²) in [7, 11) is 3.89. The number of pyridine rings is 1.